The highest BCUT2D eigenvalue weighted by atomic mass is 32.2. The van der Waals surface area contributed by atoms with Crippen LogP contribution in [0.4, 0.5) is 65.9 Å². The van der Waals surface area contributed by atoms with E-state index in [1.807, 2.05) is 12.1 Å². The van der Waals surface area contributed by atoms with Crippen molar-refractivity contribution in [3.63, 3.8) is 0 Å². The number of hydrogen-bond acceptors (Lipinski definition) is 26. The first kappa shape index (κ1) is 112. The van der Waals surface area contributed by atoms with Crippen LogP contribution in [0, 0.1) is 59.7 Å². The van der Waals surface area contributed by atoms with Crippen LogP contribution in [0.5, 0.6) is 0 Å². The molecule has 51 heteroatoms. The number of alkyl halides is 15. The summed E-state index contributed by atoms with van der Waals surface area (Å²) < 4.78 is 310. The number of halogens is 15. The number of sulfone groups is 4. The van der Waals surface area contributed by atoms with Crippen LogP contribution < -0.4 is 27.8 Å². The van der Waals surface area contributed by atoms with Gasteiger partial charge in [0.1, 0.15) is 28.5 Å². The monoisotopic (exact) mass is 2150 g/mol. The summed E-state index contributed by atoms with van der Waals surface area (Å²) in [5.41, 5.74) is -3.01. The molecule has 0 aliphatic rings. The average Bonchev–Trinajstić information content (AvgIpc) is 0.797. The van der Waals surface area contributed by atoms with Crippen LogP contribution in [0.15, 0.2) is 293 Å². The maximum atomic E-state index is 13.2. The number of nitriles is 2. The Morgan fingerprint density at radius 1 is 0.282 bits per heavy atom. The van der Waals surface area contributed by atoms with Gasteiger partial charge in [-0.05, 0) is 149 Å². The Balaban J connectivity index is 0.000000177. The molecule has 0 aliphatic carbocycles. The van der Waals surface area contributed by atoms with Gasteiger partial charge in [0.15, 0.2) is 0 Å². The van der Waals surface area contributed by atoms with E-state index in [1.165, 1.54) is 103 Å². The quantitative estimate of drug-likeness (QED) is 0.0388. The molecule has 5 aromatic carbocycles. The van der Waals surface area contributed by atoms with E-state index in [-0.39, 0.29) is 94.6 Å². The van der Waals surface area contributed by atoms with E-state index in [0.29, 0.717) is 93.8 Å². The van der Waals surface area contributed by atoms with Gasteiger partial charge in [-0.3, -0.25) is 28.2 Å². The number of terminal acetylenes is 3. The fraction of sp³-hybridized carbons (Fsp3) is 0.153. The average molecular weight is 2150 g/mol. The molecule has 31 nitrogen and oxygen atoms in total. The minimum absolute atomic E-state index is 0.0539. The molecular weight excluding hydrogens is 2080 g/mol. The first-order valence-corrected chi connectivity index (χ1v) is 50.8. The second kappa shape index (κ2) is 45.6. The lowest BCUT2D eigenvalue weighted by Crippen LogP contribution is -2.19. The van der Waals surface area contributed by atoms with Crippen LogP contribution in [0.1, 0.15) is 84.1 Å². The second-order valence-corrected chi connectivity index (χ2v) is 40.6. The van der Waals surface area contributed by atoms with Gasteiger partial charge in [-0.1, -0.05) is 78.4 Å². The standard InChI is InChI=1S/2C20H14F3N3O3S.C20H14F3N3O2S.2C19H13F3N4O3S/c1-3-13-4-6-14(7-5-13)11-26-12-15(8-9-18(26)27)16-10-17(20(21,22)23)25-19(24-16)30(2,28)29;1-3-13-5-4-6-14(9-13)11-26-12-15(7-8-18(26)27)16-10-17(20(21,22)23)25-19(24-16)30(2,28)29;1-3-13-5-4-6-14(9-13)11-26-12-15(7-8-18(26)27)16-10-17(20(21,22)23)25-19(24-16)29(2)28;1-30(28,29)18-24-15(8-16(25-18)19(20,21)22)14-6-7-17(27)26(11-14)10-13-4-2-12(9-23)3-5-13;1-30(28,29)18-24-15(8-16(25-18)19(20,21)22)14-5-6-17(27)26(11-14)10-13-4-2-3-12(7-13)9-23/h2*1,4-10,12H,11H2,2H3;1,4-10,12H,11H2,2H3;2*2-8,11H,10H2,1H3. The molecule has 0 amide bonds. The van der Waals surface area contributed by atoms with Gasteiger partial charge in [-0.15, -0.1) is 19.3 Å². The summed E-state index contributed by atoms with van der Waals surface area (Å²) in [5, 5.41) is 13.6. The van der Waals surface area contributed by atoms with Gasteiger partial charge in [0.25, 0.3) is 27.8 Å². The summed E-state index contributed by atoms with van der Waals surface area (Å²) in [6, 6.07) is 53.2. The van der Waals surface area contributed by atoms with Gasteiger partial charge in [-0.25, -0.2) is 83.5 Å². The molecule has 1 unspecified atom stereocenters. The lowest BCUT2D eigenvalue weighted by molar-refractivity contribution is -0.142. The van der Waals surface area contributed by atoms with Crippen molar-refractivity contribution in [1.82, 2.24) is 72.7 Å². The number of nitrogens with zero attached hydrogens (tertiary/aromatic N) is 17. The van der Waals surface area contributed by atoms with Crippen molar-refractivity contribution in [2.45, 2.75) is 89.4 Å². The highest BCUT2D eigenvalue weighted by Gasteiger charge is 2.40. The van der Waals surface area contributed by atoms with Crippen molar-refractivity contribution in [2.24, 2.45) is 0 Å². The van der Waals surface area contributed by atoms with Gasteiger partial charge >= 0.3 is 30.9 Å². The first-order valence-electron chi connectivity index (χ1n) is 41.7. The Morgan fingerprint density at radius 2 is 0.503 bits per heavy atom. The lowest BCUT2D eigenvalue weighted by Gasteiger charge is -2.12. The molecule has 10 heterocycles. The molecule has 0 radical (unpaired) electrons. The maximum absolute atomic E-state index is 13.2. The highest BCUT2D eigenvalue weighted by molar-refractivity contribution is 7.91. The topological polar surface area (TPSA) is 440 Å². The molecule has 15 rings (SSSR count). The minimum atomic E-state index is -4.89. The maximum Gasteiger partial charge on any atom is 0.433 e. The van der Waals surface area contributed by atoms with E-state index in [1.54, 1.807) is 121 Å². The molecule has 0 spiro atoms. The lowest BCUT2D eigenvalue weighted by atomic mass is 10.1. The molecule has 0 fully saturated rings. The number of rotatable bonds is 20. The van der Waals surface area contributed by atoms with Crippen LogP contribution in [0.3, 0.4) is 0 Å². The summed E-state index contributed by atoms with van der Waals surface area (Å²) in [6.45, 7) is 0.560. The molecule has 0 saturated carbocycles. The number of aromatic nitrogens is 15. The Kier molecular flexibility index (Phi) is 34.3. The zero-order valence-electron chi connectivity index (χ0n) is 76.9. The van der Waals surface area contributed by atoms with Crippen molar-refractivity contribution in [3.05, 3.63) is 379 Å². The van der Waals surface area contributed by atoms with Crippen LogP contribution in [-0.2, 0) is 114 Å². The van der Waals surface area contributed by atoms with Crippen molar-refractivity contribution < 1.29 is 104 Å². The van der Waals surface area contributed by atoms with Crippen LogP contribution >= 0.6 is 0 Å². The minimum Gasteiger partial charge on any atom is -0.310 e. The highest BCUT2D eigenvalue weighted by Crippen LogP contribution is 2.37. The smallest absolute Gasteiger partial charge is 0.310 e. The van der Waals surface area contributed by atoms with Gasteiger partial charge in [0.2, 0.25) is 65.1 Å². The zero-order chi connectivity index (χ0) is 110. The van der Waals surface area contributed by atoms with Crippen molar-refractivity contribution in [1.29, 1.82) is 10.5 Å². The second-order valence-electron chi connectivity index (χ2n) is 31.7. The third-order valence-corrected chi connectivity index (χ3v) is 24.3. The number of hydrogen-bond donors (Lipinski definition) is 0. The summed E-state index contributed by atoms with van der Waals surface area (Å²) >= 11 is 0. The van der Waals surface area contributed by atoms with E-state index < -0.39 is 158 Å². The fourth-order valence-electron chi connectivity index (χ4n) is 13.0. The van der Waals surface area contributed by atoms with E-state index in [0.717, 1.165) is 35.4 Å². The zero-order valence-corrected chi connectivity index (χ0v) is 81.0. The number of benzene rings is 5. The summed E-state index contributed by atoms with van der Waals surface area (Å²) in [6.07, 6.45) is 2.42. The third-order valence-electron chi connectivity index (χ3n) is 20.2. The van der Waals surface area contributed by atoms with E-state index in [4.69, 9.17) is 29.8 Å². The molecule has 0 aliphatic heterocycles. The Bertz CT molecular complexity index is 8400. The molecule has 10 aromatic heterocycles. The van der Waals surface area contributed by atoms with Crippen molar-refractivity contribution >= 4 is 50.1 Å². The normalized spacial score (nSPS) is 11.9. The molecule has 0 saturated heterocycles. The molecule has 1 atom stereocenters. The van der Waals surface area contributed by atoms with Gasteiger partial charge in [0.05, 0.1) is 95.3 Å². The predicted molar refractivity (Wildman–Crippen MR) is 509 cm³/mol. The van der Waals surface area contributed by atoms with Crippen LogP contribution in [0.2, 0.25) is 0 Å². The largest absolute Gasteiger partial charge is 0.433 e. The van der Waals surface area contributed by atoms with Crippen molar-refractivity contribution in [2.75, 3.05) is 31.3 Å². The van der Waals surface area contributed by atoms with Gasteiger partial charge in [0, 0.05) is 137 Å². The Morgan fingerprint density at radius 3 is 0.732 bits per heavy atom. The van der Waals surface area contributed by atoms with E-state index in [2.05, 4.69) is 67.6 Å². The summed E-state index contributed by atoms with van der Waals surface area (Å²) in [4.78, 5) is 95.8. The molecule has 0 bridgehead atoms. The molecule has 149 heavy (non-hydrogen) atoms. The molecular formula is C98H68F15N17O14S5. The van der Waals surface area contributed by atoms with E-state index >= 15 is 0 Å². The van der Waals surface area contributed by atoms with Crippen LogP contribution in [-0.4, -0.2) is 142 Å². The fourth-order valence-corrected chi connectivity index (χ4v) is 15.6. The van der Waals surface area contributed by atoms with E-state index in [9.17, 15) is 128 Å². The Hall–Kier alpha value is -17.2. The van der Waals surface area contributed by atoms with Crippen molar-refractivity contribution in [3.8, 4) is 105 Å². The molecule has 764 valence electrons. The summed E-state index contributed by atoms with van der Waals surface area (Å²) in [5.74, 6) is 7.45. The summed E-state index contributed by atoms with van der Waals surface area (Å²) in [7, 11) is -18.2. The predicted octanol–water partition coefficient (Wildman–Crippen LogP) is 13.9. The first-order chi connectivity index (χ1) is 69.5. The van der Waals surface area contributed by atoms with Crippen LogP contribution in [0.25, 0.3) is 56.3 Å². The van der Waals surface area contributed by atoms with Gasteiger partial charge < -0.3 is 22.8 Å². The Labute approximate surface area is 837 Å². The van der Waals surface area contributed by atoms with Gasteiger partial charge in [-0.2, -0.15) is 76.4 Å². The molecule has 15 aromatic rings. The molecule has 0 N–H and O–H groups in total. The SMILES string of the molecule is C#Cc1ccc(Cn2cc(-c3cc(C(F)(F)F)nc(S(C)(=O)=O)n3)ccc2=O)cc1.C#Cc1cccc(Cn2cc(-c3cc(C(F)(F)F)nc(S(C)(=O)=O)n3)ccc2=O)c1.C#Cc1cccc(Cn2cc(-c3cc(C(F)(F)F)nc(S(C)=O)n3)ccc2=O)c1.CS(=O)(=O)c1nc(-c2ccc(=O)n(Cc3ccc(C#N)cc3)c2)cc(C(F)(F)F)n1.CS(=O)(=O)c1nc(-c2ccc(=O)n(Cc3cccc(C#N)c3)c2)cc(C(F)(F)F)n1. The third kappa shape index (κ3) is 30.7. The number of pyridine rings is 5.